The van der Waals surface area contributed by atoms with Crippen LogP contribution in [0.2, 0.25) is 0 Å². The summed E-state index contributed by atoms with van der Waals surface area (Å²) in [6.45, 7) is 16.2. The van der Waals surface area contributed by atoms with Crippen molar-refractivity contribution in [1.29, 1.82) is 0 Å². The van der Waals surface area contributed by atoms with Crippen LogP contribution in [0.15, 0.2) is 40.7 Å². The number of aryl methyl sites for hydroxylation is 1. The van der Waals surface area contributed by atoms with Crippen LogP contribution < -0.4 is 10.3 Å². The maximum absolute atomic E-state index is 13.7. The second-order valence-corrected chi connectivity index (χ2v) is 21.2. The van der Waals surface area contributed by atoms with Crippen molar-refractivity contribution in [3.05, 3.63) is 68.5 Å². The summed E-state index contributed by atoms with van der Waals surface area (Å²) in [7, 11) is 0. The number of nitrogens with zero attached hydrogens (tertiary/aromatic N) is 2. The number of pyridine rings is 2. The minimum absolute atomic E-state index is 0.0443. The number of hydrogen-bond donors (Lipinski definition) is 1. The van der Waals surface area contributed by atoms with E-state index in [1.54, 1.807) is 35.8 Å². The van der Waals surface area contributed by atoms with Crippen LogP contribution in [0.4, 0.5) is 0 Å². The second-order valence-electron chi connectivity index (χ2n) is 21.2. The molecule has 0 unspecified atom stereocenters. The molecule has 0 amide bonds. The van der Waals surface area contributed by atoms with Gasteiger partial charge in [-0.1, -0.05) is 79.4 Å². The number of cyclic esters (lactones) is 1. The molecular weight excluding hydrogens is 793 g/mol. The molecule has 0 radical (unpaired) electrons. The first-order valence-electron chi connectivity index (χ1n) is 24.3. The molecule has 1 N–H and O–H groups in total. The third kappa shape index (κ3) is 7.38. The molecule has 6 aliphatic rings. The summed E-state index contributed by atoms with van der Waals surface area (Å²) in [5, 5.41) is 12.1. The monoisotopic (exact) mass is 860 g/mol. The third-order valence-corrected chi connectivity index (χ3v) is 17.5. The zero-order valence-corrected chi connectivity index (χ0v) is 38.6. The molecule has 63 heavy (non-hydrogen) atoms. The van der Waals surface area contributed by atoms with Gasteiger partial charge in [0.2, 0.25) is 0 Å². The zero-order chi connectivity index (χ0) is 44.6. The number of fused-ring (bicyclic) bond motifs is 10. The summed E-state index contributed by atoms with van der Waals surface area (Å²) in [5.41, 5.74) is 4.14. The van der Waals surface area contributed by atoms with Crippen molar-refractivity contribution in [2.75, 3.05) is 0 Å². The number of aliphatic hydroxyl groups is 1. The molecule has 0 saturated heterocycles. The first kappa shape index (κ1) is 43.9. The molecule has 2 aromatic heterocycles. The van der Waals surface area contributed by atoms with E-state index in [4.69, 9.17) is 19.2 Å². The van der Waals surface area contributed by atoms with E-state index in [2.05, 4.69) is 40.7 Å². The summed E-state index contributed by atoms with van der Waals surface area (Å²) in [5.74, 6) is 3.43. The van der Waals surface area contributed by atoms with Crippen molar-refractivity contribution in [3.63, 3.8) is 0 Å². The molecular formula is C53H68N2O8. The van der Waals surface area contributed by atoms with Crippen molar-refractivity contribution in [2.24, 2.45) is 46.3 Å². The van der Waals surface area contributed by atoms with Gasteiger partial charge in [-0.25, -0.2) is 9.78 Å². The Kier molecular flexibility index (Phi) is 11.6. The Hall–Kier alpha value is -4.31. The van der Waals surface area contributed by atoms with Crippen LogP contribution in [0.25, 0.3) is 22.3 Å². The van der Waals surface area contributed by atoms with E-state index >= 15 is 0 Å². The van der Waals surface area contributed by atoms with Gasteiger partial charge in [-0.15, -0.1) is 0 Å². The minimum Gasteiger partial charge on any atom is -0.462 e. The van der Waals surface area contributed by atoms with E-state index in [0.29, 0.717) is 40.4 Å². The summed E-state index contributed by atoms with van der Waals surface area (Å²) in [6.07, 6.45) is 16.3. The van der Waals surface area contributed by atoms with Gasteiger partial charge in [-0.05, 0) is 134 Å². The Morgan fingerprint density at radius 2 is 1.76 bits per heavy atom. The van der Waals surface area contributed by atoms with Crippen LogP contribution in [0.3, 0.4) is 0 Å². The van der Waals surface area contributed by atoms with Gasteiger partial charge in [-0.3, -0.25) is 14.4 Å². The highest BCUT2D eigenvalue weighted by Crippen LogP contribution is 2.67. The first-order valence-corrected chi connectivity index (χ1v) is 24.3. The predicted octanol–water partition coefficient (Wildman–Crippen LogP) is 10.3. The molecule has 0 bridgehead atoms. The SMILES string of the molecule is CCc1c2c(nc3ccc(OC(=O)CCC(=O)O[C@H]4CC[C@@]5(C)C(=CC[C@H]6[C@@H]7CC[C@H]([C@H](C)CCCC(C)C)[C@@]7(C)CC[C@@H]65)C4)cc13)-c1cc3c(c(=O)n1C2)COC(=O)[C@]3(O)CC. The average molecular weight is 861 g/mol. The van der Waals surface area contributed by atoms with Crippen molar-refractivity contribution < 1.29 is 33.7 Å². The lowest BCUT2D eigenvalue weighted by Gasteiger charge is -2.58. The van der Waals surface area contributed by atoms with Crippen LogP contribution in [-0.4, -0.2) is 38.7 Å². The molecule has 4 heterocycles. The van der Waals surface area contributed by atoms with Gasteiger partial charge in [0.1, 0.15) is 18.5 Å². The number of hydrogen-bond acceptors (Lipinski definition) is 9. The van der Waals surface area contributed by atoms with Crippen LogP contribution >= 0.6 is 0 Å². The molecule has 9 atom stereocenters. The highest BCUT2D eigenvalue weighted by Gasteiger charge is 2.59. The smallest absolute Gasteiger partial charge is 0.343 e. The number of esters is 3. The predicted molar refractivity (Wildman–Crippen MR) is 242 cm³/mol. The molecule has 0 spiro atoms. The first-order chi connectivity index (χ1) is 30.1. The summed E-state index contributed by atoms with van der Waals surface area (Å²) >= 11 is 0. The van der Waals surface area contributed by atoms with Crippen LogP contribution in [0.5, 0.6) is 5.75 Å². The standard InChI is InChI=1S/C53H68N2O8/c1-8-35-37-26-33(14-18-44(37)54-48-38(35)28-55-45(48)27-43-39(49(55)58)29-61-50(59)53(43,60)9-2)62-46(56)19-20-47(57)63-34-21-23-51(6)32(25-34)13-15-36-41-17-16-40(31(5)12-10-11-30(3)4)52(41,7)24-22-42(36)51/h13-14,18,26-27,30-31,34,36,40-42,60H,8-12,15-17,19-25,28-29H2,1-7H3/t31-,34+,36+,40-,41+,42+,51+,52-,53+/m1/s1. The highest BCUT2D eigenvalue weighted by atomic mass is 16.6. The van der Waals surface area contributed by atoms with Crippen molar-refractivity contribution >= 4 is 28.8 Å². The molecule has 10 nitrogen and oxygen atoms in total. The maximum atomic E-state index is 13.7. The van der Waals surface area contributed by atoms with Gasteiger partial charge >= 0.3 is 17.9 Å². The summed E-state index contributed by atoms with van der Waals surface area (Å²) in [6, 6.07) is 6.99. The minimum atomic E-state index is -1.90. The zero-order valence-electron chi connectivity index (χ0n) is 38.6. The fraction of sp³-hybridized carbons (Fsp3) is 0.642. The molecule has 10 heteroatoms. The summed E-state index contributed by atoms with van der Waals surface area (Å²) in [4.78, 5) is 57.6. The van der Waals surface area contributed by atoms with E-state index in [-0.39, 0.29) is 66.6 Å². The highest BCUT2D eigenvalue weighted by molar-refractivity contribution is 5.90. The van der Waals surface area contributed by atoms with Gasteiger partial charge in [0.15, 0.2) is 5.60 Å². The molecule has 3 fully saturated rings. The molecule has 9 rings (SSSR count). The number of benzene rings is 1. The van der Waals surface area contributed by atoms with Gasteiger partial charge in [0.25, 0.3) is 5.56 Å². The van der Waals surface area contributed by atoms with E-state index in [0.717, 1.165) is 71.8 Å². The Labute approximate surface area is 372 Å². The molecule has 3 saturated carbocycles. The Morgan fingerprint density at radius 1 is 0.968 bits per heavy atom. The number of carbonyl (C=O) groups excluding carboxylic acids is 3. The molecule has 1 aromatic carbocycles. The normalized spacial score (nSPS) is 30.9. The van der Waals surface area contributed by atoms with Gasteiger partial charge in [0, 0.05) is 22.9 Å². The third-order valence-electron chi connectivity index (χ3n) is 17.5. The largest absolute Gasteiger partial charge is 0.462 e. The van der Waals surface area contributed by atoms with Crippen LogP contribution in [0.1, 0.15) is 161 Å². The fourth-order valence-corrected chi connectivity index (χ4v) is 14.0. The van der Waals surface area contributed by atoms with E-state index in [9.17, 15) is 24.3 Å². The van der Waals surface area contributed by atoms with E-state index < -0.39 is 17.5 Å². The van der Waals surface area contributed by atoms with Crippen LogP contribution in [-0.2, 0) is 49.0 Å². The Morgan fingerprint density at radius 3 is 2.52 bits per heavy atom. The lowest BCUT2D eigenvalue weighted by Crippen LogP contribution is -2.51. The van der Waals surface area contributed by atoms with E-state index in [1.807, 2.05) is 6.92 Å². The van der Waals surface area contributed by atoms with Gasteiger partial charge < -0.3 is 23.9 Å². The number of carbonyl (C=O) groups is 3. The molecule has 2 aliphatic heterocycles. The Balaban J connectivity index is 0.813. The number of rotatable bonds is 12. The molecule has 3 aromatic rings. The lowest BCUT2D eigenvalue weighted by molar-refractivity contribution is -0.172. The second kappa shape index (κ2) is 16.6. The van der Waals surface area contributed by atoms with Crippen molar-refractivity contribution in [1.82, 2.24) is 9.55 Å². The van der Waals surface area contributed by atoms with Crippen molar-refractivity contribution in [2.45, 2.75) is 170 Å². The topological polar surface area (TPSA) is 134 Å². The molecule has 4 aliphatic carbocycles. The Bertz CT molecular complexity index is 2430. The van der Waals surface area contributed by atoms with Crippen molar-refractivity contribution in [3.8, 4) is 17.1 Å². The number of aromatic nitrogens is 2. The van der Waals surface area contributed by atoms with Gasteiger partial charge in [0.05, 0.1) is 41.9 Å². The van der Waals surface area contributed by atoms with E-state index in [1.165, 1.54) is 50.5 Å². The van der Waals surface area contributed by atoms with Crippen LogP contribution in [0, 0.1) is 46.3 Å². The lowest BCUT2D eigenvalue weighted by atomic mass is 9.47. The average Bonchev–Trinajstić information content (AvgIpc) is 3.81. The fourth-order valence-electron chi connectivity index (χ4n) is 14.0. The maximum Gasteiger partial charge on any atom is 0.343 e. The number of ether oxygens (including phenoxy) is 3. The molecule has 338 valence electrons. The summed E-state index contributed by atoms with van der Waals surface area (Å²) < 4.78 is 18.7. The number of allylic oxidation sites excluding steroid dienone is 1. The quantitative estimate of drug-likeness (QED) is 0.0839. The van der Waals surface area contributed by atoms with Gasteiger partial charge in [-0.2, -0.15) is 0 Å².